The monoisotopic (exact) mass is 191 g/mol. The molecule has 0 amide bonds. The first kappa shape index (κ1) is 9.24. The van der Waals surface area contributed by atoms with Crippen LogP contribution in [0.4, 0.5) is 0 Å². The molecule has 0 aliphatic rings. The average molecular weight is 191 g/mol. The minimum atomic E-state index is -1.28. The van der Waals surface area contributed by atoms with E-state index >= 15 is 0 Å². The van der Waals surface area contributed by atoms with Crippen molar-refractivity contribution < 1.29 is 10.2 Å². The summed E-state index contributed by atoms with van der Waals surface area (Å²) >= 11 is 0. The molecule has 1 heterocycles. The van der Waals surface area contributed by atoms with Gasteiger partial charge in [-0.15, -0.1) is 0 Å². The number of aromatic amines is 1. The van der Waals surface area contributed by atoms with E-state index in [0.29, 0.717) is 0 Å². The fraction of sp³-hybridized carbons (Fsp3) is 0.273. The number of nitrogens with one attached hydrogen (secondary N) is 1. The molecule has 0 aliphatic carbocycles. The first-order valence-corrected chi connectivity index (χ1v) is 4.59. The van der Waals surface area contributed by atoms with Gasteiger partial charge in [0.05, 0.1) is 0 Å². The lowest BCUT2D eigenvalue weighted by Gasteiger charge is -2.06. The van der Waals surface area contributed by atoms with E-state index in [1.54, 1.807) is 0 Å². The minimum absolute atomic E-state index is 0.274. The molecule has 3 nitrogen and oxygen atoms in total. The van der Waals surface area contributed by atoms with Gasteiger partial charge in [-0.3, -0.25) is 0 Å². The highest BCUT2D eigenvalue weighted by molar-refractivity contribution is 5.83. The first-order chi connectivity index (χ1) is 6.66. The Bertz CT molecular complexity index is 445. The number of aliphatic hydroxyl groups is 2. The summed E-state index contributed by atoms with van der Waals surface area (Å²) < 4.78 is 0. The molecule has 0 spiro atoms. The molecule has 2 aromatic rings. The molecule has 2 rings (SSSR count). The molecule has 0 atom stereocenters. The fourth-order valence-corrected chi connectivity index (χ4v) is 1.77. The van der Waals surface area contributed by atoms with Crippen molar-refractivity contribution >= 4 is 10.9 Å². The van der Waals surface area contributed by atoms with E-state index in [2.05, 4.69) is 4.98 Å². The summed E-state index contributed by atoms with van der Waals surface area (Å²) in [6, 6.07) is 5.98. The summed E-state index contributed by atoms with van der Waals surface area (Å²) in [4.78, 5) is 3.11. The molecule has 1 aromatic heterocycles. The van der Waals surface area contributed by atoms with Gasteiger partial charge in [0.25, 0.3) is 0 Å². The van der Waals surface area contributed by atoms with Gasteiger partial charge in [-0.1, -0.05) is 6.07 Å². The molecular weight excluding hydrogens is 178 g/mol. The van der Waals surface area contributed by atoms with Crippen LogP contribution in [0.2, 0.25) is 0 Å². The number of hydrogen-bond acceptors (Lipinski definition) is 2. The van der Waals surface area contributed by atoms with E-state index in [4.69, 9.17) is 10.2 Å². The molecule has 14 heavy (non-hydrogen) atoms. The van der Waals surface area contributed by atoms with Crippen molar-refractivity contribution in [2.24, 2.45) is 0 Å². The van der Waals surface area contributed by atoms with Crippen LogP contribution < -0.4 is 0 Å². The predicted octanol–water partition coefficient (Wildman–Crippen LogP) is 1.33. The number of H-pyrrole nitrogens is 1. The number of aryl methyl sites for hydroxylation is 1. The maximum absolute atomic E-state index is 8.94. The fourth-order valence-electron chi connectivity index (χ4n) is 1.77. The molecule has 0 saturated carbocycles. The lowest BCUT2D eigenvalue weighted by Crippen LogP contribution is -2.08. The second kappa shape index (κ2) is 3.44. The molecule has 74 valence electrons. The van der Waals surface area contributed by atoms with Gasteiger partial charge >= 0.3 is 0 Å². The zero-order valence-corrected chi connectivity index (χ0v) is 7.99. The summed E-state index contributed by atoms with van der Waals surface area (Å²) in [5, 5.41) is 18.9. The van der Waals surface area contributed by atoms with Crippen LogP contribution in [0.5, 0.6) is 0 Å². The Kier molecular flexibility index (Phi) is 2.27. The van der Waals surface area contributed by atoms with Crippen LogP contribution in [0.25, 0.3) is 10.9 Å². The Morgan fingerprint density at radius 2 is 2.14 bits per heavy atom. The van der Waals surface area contributed by atoms with Crippen molar-refractivity contribution in [1.29, 1.82) is 0 Å². The van der Waals surface area contributed by atoms with Gasteiger partial charge in [-0.2, -0.15) is 0 Å². The Morgan fingerprint density at radius 3 is 2.86 bits per heavy atom. The Balaban J connectivity index is 2.55. The van der Waals surface area contributed by atoms with Crippen molar-refractivity contribution in [3.8, 4) is 0 Å². The van der Waals surface area contributed by atoms with Crippen molar-refractivity contribution in [3.63, 3.8) is 0 Å². The Hall–Kier alpha value is -1.32. The number of fused-ring (bicyclic) bond motifs is 1. The second-order valence-corrected chi connectivity index (χ2v) is 3.55. The molecule has 1 aromatic carbocycles. The van der Waals surface area contributed by atoms with Crippen molar-refractivity contribution in [2.75, 3.05) is 0 Å². The van der Waals surface area contributed by atoms with E-state index in [1.807, 2.05) is 31.3 Å². The van der Waals surface area contributed by atoms with Crippen molar-refractivity contribution in [2.45, 2.75) is 19.6 Å². The van der Waals surface area contributed by atoms with Crippen molar-refractivity contribution in [3.05, 3.63) is 35.5 Å². The summed E-state index contributed by atoms with van der Waals surface area (Å²) in [7, 11) is 0. The summed E-state index contributed by atoms with van der Waals surface area (Å²) in [6.07, 6.45) is 0.850. The zero-order chi connectivity index (χ0) is 10.1. The van der Waals surface area contributed by atoms with Gasteiger partial charge in [0.15, 0.2) is 6.29 Å². The van der Waals surface area contributed by atoms with Gasteiger partial charge in [0.2, 0.25) is 0 Å². The molecule has 0 radical (unpaired) electrons. The van der Waals surface area contributed by atoms with Gasteiger partial charge in [-0.05, 0) is 30.2 Å². The van der Waals surface area contributed by atoms with Crippen LogP contribution in [0, 0.1) is 6.92 Å². The normalized spacial score (nSPS) is 11.4. The molecule has 0 unspecified atom stereocenters. The SMILES string of the molecule is Cc1cc(CC(O)O)c2cc[nH]c2c1. The van der Waals surface area contributed by atoms with E-state index in [-0.39, 0.29) is 6.42 Å². The standard InChI is InChI=1S/C11H13NO2/c1-7-4-8(6-11(13)14)9-2-3-12-10(9)5-7/h2-5,11-14H,6H2,1H3. The summed E-state index contributed by atoms with van der Waals surface area (Å²) in [5.41, 5.74) is 3.13. The zero-order valence-electron chi connectivity index (χ0n) is 7.99. The van der Waals surface area contributed by atoms with E-state index in [1.165, 1.54) is 0 Å². The second-order valence-electron chi connectivity index (χ2n) is 3.55. The molecule has 0 aliphatic heterocycles. The van der Waals surface area contributed by atoms with Crippen LogP contribution in [0.1, 0.15) is 11.1 Å². The lowest BCUT2D eigenvalue weighted by atomic mass is 10.0. The molecule has 0 saturated heterocycles. The predicted molar refractivity (Wildman–Crippen MR) is 55.0 cm³/mol. The topological polar surface area (TPSA) is 56.2 Å². The number of rotatable bonds is 2. The Labute approximate surface area is 82.0 Å². The third kappa shape index (κ3) is 1.64. The third-order valence-corrected chi connectivity index (χ3v) is 2.30. The number of aliphatic hydroxyl groups excluding tert-OH is 1. The highest BCUT2D eigenvalue weighted by atomic mass is 16.5. The van der Waals surface area contributed by atoms with Gasteiger partial charge in [-0.25, -0.2) is 0 Å². The first-order valence-electron chi connectivity index (χ1n) is 4.59. The molecule has 0 bridgehead atoms. The third-order valence-electron chi connectivity index (χ3n) is 2.30. The molecule has 3 N–H and O–H groups in total. The van der Waals surface area contributed by atoms with Crippen LogP contribution in [-0.4, -0.2) is 21.5 Å². The van der Waals surface area contributed by atoms with Gasteiger partial charge in [0, 0.05) is 23.5 Å². The highest BCUT2D eigenvalue weighted by Crippen LogP contribution is 2.20. The van der Waals surface area contributed by atoms with Crippen LogP contribution in [0.15, 0.2) is 24.4 Å². The maximum atomic E-state index is 8.94. The number of aromatic nitrogens is 1. The quantitative estimate of drug-likeness (QED) is 0.627. The Morgan fingerprint density at radius 1 is 1.36 bits per heavy atom. The molecule has 3 heteroatoms. The van der Waals surface area contributed by atoms with E-state index in [0.717, 1.165) is 22.0 Å². The lowest BCUT2D eigenvalue weighted by molar-refractivity contribution is -0.0379. The minimum Gasteiger partial charge on any atom is -0.368 e. The number of benzene rings is 1. The largest absolute Gasteiger partial charge is 0.368 e. The summed E-state index contributed by atoms with van der Waals surface area (Å²) in [5.74, 6) is 0. The van der Waals surface area contributed by atoms with Crippen LogP contribution >= 0.6 is 0 Å². The summed E-state index contributed by atoms with van der Waals surface area (Å²) in [6.45, 7) is 1.99. The van der Waals surface area contributed by atoms with Crippen LogP contribution in [-0.2, 0) is 6.42 Å². The maximum Gasteiger partial charge on any atom is 0.155 e. The van der Waals surface area contributed by atoms with E-state index < -0.39 is 6.29 Å². The average Bonchev–Trinajstić information content (AvgIpc) is 2.50. The number of hydrogen-bond donors (Lipinski definition) is 3. The van der Waals surface area contributed by atoms with Gasteiger partial charge < -0.3 is 15.2 Å². The molecule has 0 fully saturated rings. The molecular formula is C11H13NO2. The highest BCUT2D eigenvalue weighted by Gasteiger charge is 2.06. The van der Waals surface area contributed by atoms with Gasteiger partial charge in [0.1, 0.15) is 0 Å². The van der Waals surface area contributed by atoms with E-state index in [9.17, 15) is 0 Å². The smallest absolute Gasteiger partial charge is 0.155 e. The van der Waals surface area contributed by atoms with Crippen LogP contribution in [0.3, 0.4) is 0 Å². The van der Waals surface area contributed by atoms with Crippen molar-refractivity contribution in [1.82, 2.24) is 4.98 Å².